The zero-order valence-corrected chi connectivity index (χ0v) is 14.0. The van der Waals surface area contributed by atoms with Gasteiger partial charge in [-0.3, -0.25) is 0 Å². The average Bonchev–Trinajstić information content (AvgIpc) is 2.70. The van der Waals surface area contributed by atoms with Crippen molar-refractivity contribution >= 4 is 5.82 Å². The summed E-state index contributed by atoms with van der Waals surface area (Å²) in [5.41, 5.74) is 2.63. The highest BCUT2D eigenvalue weighted by Crippen LogP contribution is 2.22. The van der Waals surface area contributed by atoms with Gasteiger partial charge in [0.15, 0.2) is 0 Å². The molecule has 21 heavy (non-hydrogen) atoms. The van der Waals surface area contributed by atoms with E-state index in [0.717, 1.165) is 44.9 Å². The summed E-state index contributed by atoms with van der Waals surface area (Å²) >= 11 is 0. The first-order chi connectivity index (χ1) is 10.2. The third-order valence-corrected chi connectivity index (χ3v) is 4.35. The Morgan fingerprint density at radius 3 is 2.86 bits per heavy atom. The number of nitrogens with zero attached hydrogens (tertiary/aromatic N) is 2. The Balaban J connectivity index is 2.17. The van der Waals surface area contributed by atoms with E-state index in [4.69, 9.17) is 4.98 Å². The maximum atomic E-state index is 4.92. The van der Waals surface area contributed by atoms with Crippen LogP contribution in [0, 0.1) is 5.92 Å². The summed E-state index contributed by atoms with van der Waals surface area (Å²) in [6.45, 7) is 11.0. The fraction of sp³-hybridized carbons (Fsp3) is 0.722. The second-order valence-corrected chi connectivity index (χ2v) is 6.38. The third kappa shape index (κ3) is 4.99. The van der Waals surface area contributed by atoms with Crippen molar-refractivity contribution in [2.45, 2.75) is 59.4 Å². The molecule has 1 N–H and O–H groups in total. The molecule has 0 aromatic carbocycles. The number of nitrogens with one attached hydrogen (secondary N) is 1. The van der Waals surface area contributed by atoms with E-state index < -0.39 is 0 Å². The molecule has 2 rings (SSSR count). The number of hydrogen-bond donors (Lipinski definition) is 1. The second kappa shape index (κ2) is 8.38. The number of rotatable bonds is 6. The van der Waals surface area contributed by atoms with Gasteiger partial charge in [-0.15, -0.1) is 0 Å². The zero-order chi connectivity index (χ0) is 15.1. The summed E-state index contributed by atoms with van der Waals surface area (Å²) in [5, 5.41) is 3.44. The largest absolute Gasteiger partial charge is 0.357 e. The van der Waals surface area contributed by atoms with Crippen LogP contribution in [0.25, 0.3) is 0 Å². The maximum Gasteiger partial charge on any atom is 0.129 e. The highest BCUT2D eigenvalue weighted by molar-refractivity contribution is 5.43. The van der Waals surface area contributed by atoms with Crippen LogP contribution >= 0.6 is 0 Å². The molecule has 0 radical (unpaired) electrons. The molecule has 3 nitrogen and oxygen atoms in total. The van der Waals surface area contributed by atoms with E-state index in [2.05, 4.69) is 43.1 Å². The predicted octanol–water partition coefficient (Wildman–Crippen LogP) is 3.77. The highest BCUT2D eigenvalue weighted by Gasteiger charge is 2.16. The predicted molar refractivity (Wildman–Crippen MR) is 90.8 cm³/mol. The molecular weight excluding hydrogens is 258 g/mol. The summed E-state index contributed by atoms with van der Waals surface area (Å²) < 4.78 is 0. The van der Waals surface area contributed by atoms with E-state index in [1.54, 1.807) is 0 Å². The summed E-state index contributed by atoms with van der Waals surface area (Å²) in [6, 6.07) is 4.56. The van der Waals surface area contributed by atoms with Crippen molar-refractivity contribution < 1.29 is 0 Å². The van der Waals surface area contributed by atoms with E-state index in [0.29, 0.717) is 0 Å². The Morgan fingerprint density at radius 2 is 2.10 bits per heavy atom. The smallest absolute Gasteiger partial charge is 0.129 e. The normalized spacial score (nSPS) is 19.6. The van der Waals surface area contributed by atoms with Crippen molar-refractivity contribution in [2.75, 3.05) is 24.5 Å². The number of aryl methyl sites for hydroxylation is 1. The number of anilines is 1. The highest BCUT2D eigenvalue weighted by atomic mass is 15.2. The van der Waals surface area contributed by atoms with Crippen LogP contribution < -0.4 is 10.2 Å². The van der Waals surface area contributed by atoms with E-state index in [9.17, 15) is 0 Å². The molecule has 0 aliphatic carbocycles. The maximum absolute atomic E-state index is 4.92. The lowest BCUT2D eigenvalue weighted by molar-refractivity contribution is 0.521. The minimum atomic E-state index is 0.857. The summed E-state index contributed by atoms with van der Waals surface area (Å²) in [4.78, 5) is 7.42. The molecule has 0 saturated carbocycles. The topological polar surface area (TPSA) is 28.2 Å². The van der Waals surface area contributed by atoms with Crippen LogP contribution in [0.3, 0.4) is 0 Å². The van der Waals surface area contributed by atoms with Crippen LogP contribution in [0.4, 0.5) is 5.82 Å². The Hall–Kier alpha value is -1.09. The third-order valence-electron chi connectivity index (χ3n) is 4.35. The van der Waals surface area contributed by atoms with Gasteiger partial charge in [0, 0.05) is 25.3 Å². The summed E-state index contributed by atoms with van der Waals surface area (Å²) in [7, 11) is 0. The molecule has 1 atom stereocenters. The Labute approximate surface area is 130 Å². The molecule has 1 fully saturated rings. The lowest BCUT2D eigenvalue weighted by Gasteiger charge is -2.23. The standard InChI is InChI=1S/C18H31N3/c1-4-7-17-12-16(14-19-5-2)13-18(20-17)21-10-6-8-15(3)9-11-21/h12-13,15,19H,4-11,14H2,1-3H3. The Kier molecular flexibility index (Phi) is 6.50. The first-order valence-electron chi connectivity index (χ1n) is 8.68. The molecule has 1 aliphatic heterocycles. The average molecular weight is 289 g/mol. The fourth-order valence-electron chi connectivity index (χ4n) is 3.04. The van der Waals surface area contributed by atoms with Crippen LogP contribution in [-0.4, -0.2) is 24.6 Å². The van der Waals surface area contributed by atoms with Gasteiger partial charge in [-0.1, -0.05) is 27.2 Å². The van der Waals surface area contributed by atoms with Gasteiger partial charge in [-0.2, -0.15) is 0 Å². The van der Waals surface area contributed by atoms with Gasteiger partial charge < -0.3 is 10.2 Å². The fourth-order valence-corrected chi connectivity index (χ4v) is 3.04. The van der Waals surface area contributed by atoms with Gasteiger partial charge in [-0.25, -0.2) is 4.98 Å². The first-order valence-corrected chi connectivity index (χ1v) is 8.68. The lowest BCUT2D eigenvalue weighted by atomic mass is 10.0. The second-order valence-electron chi connectivity index (χ2n) is 6.38. The van der Waals surface area contributed by atoms with Crippen LogP contribution in [0.2, 0.25) is 0 Å². The first kappa shape index (κ1) is 16.3. The number of aromatic nitrogens is 1. The molecule has 2 heterocycles. The van der Waals surface area contributed by atoms with Crippen LogP contribution in [0.5, 0.6) is 0 Å². The van der Waals surface area contributed by atoms with Gasteiger partial charge in [0.25, 0.3) is 0 Å². The molecule has 0 bridgehead atoms. The molecule has 3 heteroatoms. The molecule has 0 spiro atoms. The number of hydrogen-bond acceptors (Lipinski definition) is 3. The monoisotopic (exact) mass is 289 g/mol. The quantitative estimate of drug-likeness (QED) is 0.864. The minimum Gasteiger partial charge on any atom is -0.357 e. The van der Waals surface area contributed by atoms with E-state index >= 15 is 0 Å². The van der Waals surface area contributed by atoms with Gasteiger partial charge in [0.1, 0.15) is 5.82 Å². The lowest BCUT2D eigenvalue weighted by Crippen LogP contribution is -2.26. The van der Waals surface area contributed by atoms with Crippen LogP contribution in [-0.2, 0) is 13.0 Å². The van der Waals surface area contributed by atoms with Crippen molar-refractivity contribution in [3.8, 4) is 0 Å². The molecule has 1 saturated heterocycles. The molecule has 0 amide bonds. The summed E-state index contributed by atoms with van der Waals surface area (Å²) in [6.07, 6.45) is 6.19. The van der Waals surface area contributed by atoms with E-state index in [1.807, 2.05) is 0 Å². The van der Waals surface area contributed by atoms with E-state index in [1.165, 1.54) is 36.3 Å². The molecule has 1 aromatic heterocycles. The molecule has 118 valence electrons. The minimum absolute atomic E-state index is 0.857. The Bertz CT molecular complexity index is 430. The van der Waals surface area contributed by atoms with Crippen LogP contribution in [0.1, 0.15) is 57.7 Å². The molecular formula is C18H31N3. The van der Waals surface area contributed by atoms with Gasteiger partial charge in [-0.05, 0) is 55.8 Å². The molecule has 1 aliphatic rings. The zero-order valence-electron chi connectivity index (χ0n) is 14.0. The van der Waals surface area contributed by atoms with Gasteiger partial charge in [0.05, 0.1) is 0 Å². The van der Waals surface area contributed by atoms with Crippen molar-refractivity contribution in [3.63, 3.8) is 0 Å². The molecule has 1 unspecified atom stereocenters. The van der Waals surface area contributed by atoms with Crippen molar-refractivity contribution in [2.24, 2.45) is 5.92 Å². The number of pyridine rings is 1. The van der Waals surface area contributed by atoms with Gasteiger partial charge in [0.2, 0.25) is 0 Å². The van der Waals surface area contributed by atoms with Crippen molar-refractivity contribution in [3.05, 3.63) is 23.4 Å². The van der Waals surface area contributed by atoms with Crippen molar-refractivity contribution in [1.29, 1.82) is 0 Å². The van der Waals surface area contributed by atoms with E-state index in [-0.39, 0.29) is 0 Å². The van der Waals surface area contributed by atoms with Crippen LogP contribution in [0.15, 0.2) is 12.1 Å². The molecule has 1 aromatic rings. The van der Waals surface area contributed by atoms with Crippen molar-refractivity contribution in [1.82, 2.24) is 10.3 Å². The SMILES string of the molecule is CCCc1cc(CNCC)cc(N2CCCC(C)CC2)n1. The Morgan fingerprint density at radius 1 is 1.24 bits per heavy atom. The summed E-state index contributed by atoms with van der Waals surface area (Å²) in [5.74, 6) is 2.05. The van der Waals surface area contributed by atoms with Gasteiger partial charge >= 0.3 is 0 Å².